The van der Waals surface area contributed by atoms with Crippen molar-refractivity contribution >= 4 is 45.3 Å². The van der Waals surface area contributed by atoms with Gasteiger partial charge in [-0.1, -0.05) is 0 Å². The topological polar surface area (TPSA) is 80.0 Å². The van der Waals surface area contributed by atoms with Gasteiger partial charge in [0, 0.05) is 23.1 Å². The Morgan fingerprint density at radius 2 is 2.14 bits per heavy atom. The standard InChI is InChI=1S/C13H13IN6O/c1-20(2)13-18-11(21-19-13)6-15-12-9-5-8(14)3-4-10(9)16-7-17-12/h3-5,7H,6H2,1-2H3,(H,15,16,17). The number of nitrogens with one attached hydrogen (secondary N) is 1. The molecule has 21 heavy (non-hydrogen) atoms. The number of hydrogen-bond acceptors (Lipinski definition) is 7. The van der Waals surface area contributed by atoms with Gasteiger partial charge in [0.25, 0.3) is 5.95 Å². The minimum absolute atomic E-state index is 0.415. The normalized spacial score (nSPS) is 10.8. The van der Waals surface area contributed by atoms with E-state index in [-0.39, 0.29) is 0 Å². The van der Waals surface area contributed by atoms with Gasteiger partial charge in [-0.15, -0.1) is 0 Å². The average Bonchev–Trinajstić information content (AvgIpc) is 2.94. The first kappa shape index (κ1) is 14.0. The lowest BCUT2D eigenvalue weighted by Crippen LogP contribution is -2.10. The van der Waals surface area contributed by atoms with E-state index in [2.05, 4.69) is 48.0 Å². The number of hydrogen-bond donors (Lipinski definition) is 1. The van der Waals surface area contributed by atoms with Crippen LogP contribution in [0.1, 0.15) is 5.89 Å². The quantitative estimate of drug-likeness (QED) is 0.678. The van der Waals surface area contributed by atoms with Gasteiger partial charge in [-0.25, -0.2) is 9.97 Å². The Morgan fingerprint density at radius 1 is 1.29 bits per heavy atom. The van der Waals surface area contributed by atoms with Gasteiger partial charge >= 0.3 is 0 Å². The zero-order valence-electron chi connectivity index (χ0n) is 11.5. The van der Waals surface area contributed by atoms with Gasteiger partial charge in [0.1, 0.15) is 12.1 Å². The zero-order chi connectivity index (χ0) is 14.8. The van der Waals surface area contributed by atoms with Crippen molar-refractivity contribution in [3.63, 3.8) is 0 Å². The summed E-state index contributed by atoms with van der Waals surface area (Å²) in [4.78, 5) is 14.6. The summed E-state index contributed by atoms with van der Waals surface area (Å²) >= 11 is 2.27. The van der Waals surface area contributed by atoms with Crippen LogP contribution in [-0.2, 0) is 6.54 Å². The summed E-state index contributed by atoms with van der Waals surface area (Å²) < 4.78 is 6.30. The van der Waals surface area contributed by atoms with Gasteiger partial charge < -0.3 is 14.7 Å². The van der Waals surface area contributed by atoms with E-state index in [1.807, 2.05) is 32.3 Å². The van der Waals surface area contributed by atoms with Crippen molar-refractivity contribution in [2.75, 3.05) is 24.3 Å². The van der Waals surface area contributed by atoms with E-state index in [1.165, 1.54) is 6.33 Å². The maximum atomic E-state index is 5.17. The van der Waals surface area contributed by atoms with Crippen molar-refractivity contribution in [1.29, 1.82) is 0 Å². The molecule has 0 saturated heterocycles. The smallest absolute Gasteiger partial charge is 0.265 e. The van der Waals surface area contributed by atoms with Crippen LogP contribution in [0.15, 0.2) is 29.0 Å². The fraction of sp³-hybridized carbons (Fsp3) is 0.231. The Kier molecular flexibility index (Phi) is 3.86. The third-order valence-electron chi connectivity index (χ3n) is 2.86. The summed E-state index contributed by atoms with van der Waals surface area (Å²) in [5, 5.41) is 8.05. The first-order chi connectivity index (χ1) is 10.1. The Labute approximate surface area is 134 Å². The van der Waals surface area contributed by atoms with Crippen molar-refractivity contribution in [1.82, 2.24) is 20.1 Å². The summed E-state index contributed by atoms with van der Waals surface area (Å²) in [5.74, 6) is 1.81. The minimum atomic E-state index is 0.415. The molecular formula is C13H13IN6O. The number of halogens is 1. The lowest BCUT2D eigenvalue weighted by molar-refractivity contribution is 0.383. The molecule has 2 heterocycles. The highest BCUT2D eigenvalue weighted by atomic mass is 127. The van der Waals surface area contributed by atoms with E-state index in [0.29, 0.717) is 18.4 Å². The molecule has 3 aromatic rings. The number of benzene rings is 1. The van der Waals surface area contributed by atoms with Crippen molar-refractivity contribution < 1.29 is 4.52 Å². The molecule has 0 unspecified atom stereocenters. The predicted molar refractivity (Wildman–Crippen MR) is 88.2 cm³/mol. The molecule has 0 amide bonds. The van der Waals surface area contributed by atoms with Crippen LogP contribution in [-0.4, -0.2) is 34.2 Å². The SMILES string of the molecule is CN(C)c1noc(CNc2ncnc3ccc(I)cc23)n1. The number of fused-ring (bicyclic) bond motifs is 1. The average molecular weight is 396 g/mol. The molecule has 8 heteroatoms. The zero-order valence-corrected chi connectivity index (χ0v) is 13.7. The molecule has 0 aliphatic carbocycles. The summed E-state index contributed by atoms with van der Waals surface area (Å²) in [7, 11) is 3.73. The van der Waals surface area contributed by atoms with E-state index in [1.54, 1.807) is 4.90 Å². The second-order valence-electron chi connectivity index (χ2n) is 4.62. The van der Waals surface area contributed by atoms with Crippen molar-refractivity contribution in [2.45, 2.75) is 6.54 Å². The van der Waals surface area contributed by atoms with Gasteiger partial charge in [-0.3, -0.25) is 0 Å². The van der Waals surface area contributed by atoms with Gasteiger partial charge in [-0.2, -0.15) is 4.98 Å². The van der Waals surface area contributed by atoms with E-state index in [4.69, 9.17) is 4.52 Å². The van der Waals surface area contributed by atoms with Crippen molar-refractivity contribution in [3.05, 3.63) is 34.0 Å². The molecule has 0 aliphatic heterocycles. The first-order valence-electron chi connectivity index (χ1n) is 6.27. The van der Waals surface area contributed by atoms with Crippen LogP contribution in [0.2, 0.25) is 0 Å². The molecule has 0 radical (unpaired) electrons. The maximum Gasteiger partial charge on any atom is 0.265 e. The van der Waals surface area contributed by atoms with Crippen LogP contribution in [0.25, 0.3) is 10.9 Å². The Morgan fingerprint density at radius 3 is 2.90 bits per heavy atom. The minimum Gasteiger partial charge on any atom is -0.360 e. The molecule has 0 spiro atoms. The number of aromatic nitrogens is 4. The van der Waals surface area contributed by atoms with Crippen LogP contribution < -0.4 is 10.2 Å². The second-order valence-corrected chi connectivity index (χ2v) is 5.87. The van der Waals surface area contributed by atoms with Gasteiger partial charge in [0.2, 0.25) is 5.89 Å². The van der Waals surface area contributed by atoms with E-state index in [9.17, 15) is 0 Å². The Bertz CT molecular complexity index is 772. The summed E-state index contributed by atoms with van der Waals surface area (Å²) in [5.41, 5.74) is 0.896. The van der Waals surface area contributed by atoms with Crippen molar-refractivity contribution in [2.24, 2.45) is 0 Å². The summed E-state index contributed by atoms with van der Waals surface area (Å²) in [6, 6.07) is 6.03. The van der Waals surface area contributed by atoms with Gasteiger partial charge in [0.05, 0.1) is 12.1 Å². The van der Waals surface area contributed by atoms with E-state index >= 15 is 0 Å². The number of nitrogens with zero attached hydrogens (tertiary/aromatic N) is 5. The molecule has 1 N–H and O–H groups in total. The molecule has 3 rings (SSSR count). The molecule has 2 aromatic heterocycles. The lowest BCUT2D eigenvalue weighted by atomic mass is 10.2. The Hall–Kier alpha value is -1.97. The molecule has 108 valence electrons. The maximum absolute atomic E-state index is 5.17. The van der Waals surface area contributed by atoms with Crippen LogP contribution in [0.5, 0.6) is 0 Å². The van der Waals surface area contributed by atoms with E-state index < -0.39 is 0 Å². The molecule has 7 nitrogen and oxygen atoms in total. The summed E-state index contributed by atoms with van der Waals surface area (Å²) in [6.45, 7) is 0.415. The van der Waals surface area contributed by atoms with Crippen LogP contribution in [0, 0.1) is 3.57 Å². The highest BCUT2D eigenvalue weighted by Gasteiger charge is 2.09. The summed E-state index contributed by atoms with van der Waals surface area (Å²) in [6.07, 6.45) is 1.54. The second kappa shape index (κ2) is 5.80. The third-order valence-corrected chi connectivity index (χ3v) is 3.53. The lowest BCUT2D eigenvalue weighted by Gasteiger charge is -2.06. The number of rotatable bonds is 4. The molecular weight excluding hydrogens is 383 g/mol. The van der Waals surface area contributed by atoms with Crippen molar-refractivity contribution in [3.8, 4) is 0 Å². The predicted octanol–water partition coefficient (Wildman–Crippen LogP) is 2.30. The fourth-order valence-corrected chi connectivity index (χ4v) is 2.32. The molecule has 0 atom stereocenters. The number of anilines is 2. The molecule has 0 aliphatic rings. The van der Waals surface area contributed by atoms with Crippen LogP contribution in [0.3, 0.4) is 0 Å². The monoisotopic (exact) mass is 396 g/mol. The largest absolute Gasteiger partial charge is 0.360 e. The van der Waals surface area contributed by atoms with Crippen LogP contribution >= 0.6 is 22.6 Å². The molecule has 0 bridgehead atoms. The Balaban J connectivity index is 1.82. The fourth-order valence-electron chi connectivity index (χ4n) is 1.83. The van der Waals surface area contributed by atoms with Crippen LogP contribution in [0.4, 0.5) is 11.8 Å². The third kappa shape index (κ3) is 3.04. The highest BCUT2D eigenvalue weighted by Crippen LogP contribution is 2.22. The molecule has 0 fully saturated rings. The van der Waals surface area contributed by atoms with Gasteiger partial charge in [-0.05, 0) is 45.9 Å². The molecule has 0 saturated carbocycles. The highest BCUT2D eigenvalue weighted by molar-refractivity contribution is 14.1. The first-order valence-corrected chi connectivity index (χ1v) is 7.35. The molecule has 1 aromatic carbocycles. The van der Waals surface area contributed by atoms with E-state index in [0.717, 1.165) is 20.3 Å². The van der Waals surface area contributed by atoms with Gasteiger partial charge in [0.15, 0.2) is 0 Å².